The summed E-state index contributed by atoms with van der Waals surface area (Å²) in [5, 5.41) is 12.7. The molecule has 1 aromatic heterocycles. The molecule has 0 fully saturated rings. The summed E-state index contributed by atoms with van der Waals surface area (Å²) in [7, 11) is 0. The highest BCUT2D eigenvalue weighted by Gasteiger charge is 2.35. The van der Waals surface area contributed by atoms with E-state index in [1.165, 1.54) is 42.5 Å². The van der Waals surface area contributed by atoms with Crippen molar-refractivity contribution in [2.24, 2.45) is 0 Å². The van der Waals surface area contributed by atoms with Crippen LogP contribution in [-0.2, 0) is 4.79 Å². The third kappa shape index (κ3) is 3.16. The molecule has 3 aromatic rings. The lowest BCUT2D eigenvalue weighted by Crippen LogP contribution is -2.23. The average Bonchev–Trinajstić information content (AvgIpc) is 3.03. The number of thiophene rings is 1. The minimum absolute atomic E-state index is 0.00811. The molecule has 4 rings (SSSR count). The van der Waals surface area contributed by atoms with Gasteiger partial charge in [-0.05, 0) is 41.5 Å². The first-order valence-electron chi connectivity index (χ1n) is 8.26. The number of benzene rings is 2. The van der Waals surface area contributed by atoms with Gasteiger partial charge >= 0.3 is 5.97 Å². The Balaban J connectivity index is 1.96. The number of carbonyl (C=O) groups is 2. The van der Waals surface area contributed by atoms with Gasteiger partial charge in [0.05, 0.1) is 5.69 Å². The van der Waals surface area contributed by atoms with Crippen molar-refractivity contribution in [1.82, 2.24) is 0 Å². The van der Waals surface area contributed by atoms with Gasteiger partial charge in [-0.3, -0.25) is 4.79 Å². The largest absolute Gasteiger partial charge is 0.477 e. The smallest absolute Gasteiger partial charge is 0.346 e. The Hall–Kier alpha value is -2.77. The highest BCUT2D eigenvalue weighted by molar-refractivity contribution is 7.15. The van der Waals surface area contributed by atoms with E-state index in [1.807, 2.05) is 0 Å². The van der Waals surface area contributed by atoms with Gasteiger partial charge in [-0.25, -0.2) is 13.6 Å². The van der Waals surface area contributed by atoms with Gasteiger partial charge < -0.3 is 10.4 Å². The van der Waals surface area contributed by atoms with Gasteiger partial charge in [0, 0.05) is 27.8 Å². The fraction of sp³-hybridized carbons (Fsp3) is 0.100. The fourth-order valence-electron chi connectivity index (χ4n) is 3.36. The molecule has 0 bridgehead atoms. The zero-order valence-corrected chi connectivity index (χ0v) is 15.7. The fourth-order valence-corrected chi connectivity index (χ4v) is 4.78. The number of carbonyl (C=O) groups excluding carboxylic acids is 1. The number of rotatable bonds is 3. The number of carboxylic acid groups (broad SMARTS) is 1. The van der Waals surface area contributed by atoms with Crippen molar-refractivity contribution in [3.8, 4) is 11.1 Å². The summed E-state index contributed by atoms with van der Waals surface area (Å²) in [5.41, 5.74) is 1.28. The van der Waals surface area contributed by atoms with Gasteiger partial charge in [0.15, 0.2) is 0 Å². The number of hydrogen-bond acceptors (Lipinski definition) is 3. The molecule has 1 atom stereocenters. The van der Waals surface area contributed by atoms with Crippen molar-refractivity contribution in [1.29, 1.82) is 0 Å². The van der Waals surface area contributed by atoms with Crippen LogP contribution in [0.3, 0.4) is 0 Å². The molecule has 0 saturated carbocycles. The molecule has 2 heterocycles. The molecule has 28 heavy (non-hydrogen) atoms. The highest BCUT2D eigenvalue weighted by atomic mass is 35.5. The first-order valence-corrected chi connectivity index (χ1v) is 9.45. The van der Waals surface area contributed by atoms with Crippen molar-refractivity contribution in [2.45, 2.75) is 12.3 Å². The molecule has 1 amide bonds. The molecule has 1 aliphatic heterocycles. The Bertz CT molecular complexity index is 1110. The third-order valence-corrected chi connectivity index (χ3v) is 6.09. The second-order valence-corrected chi connectivity index (χ2v) is 7.82. The monoisotopic (exact) mass is 419 g/mol. The van der Waals surface area contributed by atoms with Crippen LogP contribution < -0.4 is 5.32 Å². The molecule has 0 aliphatic carbocycles. The second kappa shape index (κ2) is 7.00. The molecule has 0 spiro atoms. The topological polar surface area (TPSA) is 66.4 Å². The van der Waals surface area contributed by atoms with Gasteiger partial charge in [-0.1, -0.05) is 23.7 Å². The zero-order valence-electron chi connectivity index (χ0n) is 14.1. The van der Waals surface area contributed by atoms with Crippen LogP contribution in [0.2, 0.25) is 5.02 Å². The molecule has 0 saturated heterocycles. The van der Waals surface area contributed by atoms with Crippen LogP contribution in [0.25, 0.3) is 11.1 Å². The zero-order chi connectivity index (χ0) is 20.0. The van der Waals surface area contributed by atoms with E-state index in [-0.39, 0.29) is 28.3 Å². The maximum atomic E-state index is 14.5. The van der Waals surface area contributed by atoms with Crippen LogP contribution in [-0.4, -0.2) is 17.0 Å². The summed E-state index contributed by atoms with van der Waals surface area (Å²) in [6, 6.07) is 9.39. The van der Waals surface area contributed by atoms with E-state index in [1.54, 1.807) is 0 Å². The Labute approximate surface area is 167 Å². The van der Waals surface area contributed by atoms with Gasteiger partial charge in [0.1, 0.15) is 16.5 Å². The van der Waals surface area contributed by atoms with Gasteiger partial charge in [-0.15, -0.1) is 11.3 Å². The van der Waals surface area contributed by atoms with Crippen molar-refractivity contribution in [3.05, 3.63) is 74.4 Å². The SMILES string of the molecule is O=C1C[C@@H](c2cc(Cl)ccc2F)c2sc(C(=O)O)c(-c3ccc(F)cc3)c2N1. The standard InChI is InChI=1S/C20H12ClF2NO3S/c21-10-3-6-14(23)12(7-10)13-8-15(25)24-17-16(9-1-4-11(22)5-2-9)19(20(26)27)28-18(13)17/h1-7,13H,8H2,(H,24,25)(H,26,27)/t13-/m0/s1. The van der Waals surface area contributed by atoms with Gasteiger partial charge in [0.25, 0.3) is 0 Å². The molecular formula is C20H12ClF2NO3S. The first-order chi connectivity index (χ1) is 13.3. The molecule has 2 aromatic carbocycles. The predicted octanol–water partition coefficient (Wildman–Crippen LogP) is 5.52. The molecule has 0 unspecified atom stereocenters. The third-order valence-electron chi connectivity index (χ3n) is 4.57. The van der Waals surface area contributed by atoms with E-state index < -0.39 is 23.5 Å². The quantitative estimate of drug-likeness (QED) is 0.587. The molecular weight excluding hydrogens is 408 g/mol. The van der Waals surface area contributed by atoms with Crippen molar-refractivity contribution >= 4 is 40.5 Å². The number of hydrogen-bond donors (Lipinski definition) is 2. The average molecular weight is 420 g/mol. The number of anilines is 1. The minimum Gasteiger partial charge on any atom is -0.477 e. The summed E-state index contributed by atoms with van der Waals surface area (Å²) < 4.78 is 27.8. The lowest BCUT2D eigenvalue weighted by molar-refractivity contribution is -0.116. The van der Waals surface area contributed by atoms with Crippen LogP contribution in [0.5, 0.6) is 0 Å². The normalized spacial score (nSPS) is 15.8. The molecule has 8 heteroatoms. The summed E-state index contributed by atoms with van der Waals surface area (Å²) in [6.07, 6.45) is -0.0350. The maximum absolute atomic E-state index is 14.5. The summed E-state index contributed by atoms with van der Waals surface area (Å²) in [6.45, 7) is 0. The van der Waals surface area contributed by atoms with Crippen LogP contribution in [0.15, 0.2) is 42.5 Å². The van der Waals surface area contributed by atoms with E-state index in [2.05, 4.69) is 5.32 Å². The maximum Gasteiger partial charge on any atom is 0.346 e. The van der Waals surface area contributed by atoms with E-state index >= 15 is 0 Å². The lowest BCUT2D eigenvalue weighted by atomic mass is 9.88. The van der Waals surface area contributed by atoms with E-state index in [4.69, 9.17) is 11.6 Å². The number of aromatic carboxylic acids is 1. The van der Waals surface area contributed by atoms with Crippen LogP contribution >= 0.6 is 22.9 Å². The molecule has 1 aliphatic rings. The number of carboxylic acids is 1. The summed E-state index contributed by atoms with van der Waals surface area (Å²) in [4.78, 5) is 24.7. The summed E-state index contributed by atoms with van der Waals surface area (Å²) in [5.74, 6) is -3.20. The number of nitrogens with one attached hydrogen (secondary N) is 1. The second-order valence-electron chi connectivity index (χ2n) is 6.33. The number of fused-ring (bicyclic) bond motifs is 1. The molecule has 142 valence electrons. The Morgan fingerprint density at radius 1 is 1.18 bits per heavy atom. The first kappa shape index (κ1) is 18.6. The molecule has 0 radical (unpaired) electrons. The van der Waals surface area contributed by atoms with Gasteiger partial charge in [0.2, 0.25) is 5.91 Å². The van der Waals surface area contributed by atoms with E-state index in [0.29, 0.717) is 21.2 Å². The van der Waals surface area contributed by atoms with Crippen LogP contribution in [0.4, 0.5) is 14.5 Å². The Kier molecular flexibility index (Phi) is 4.64. The lowest BCUT2D eigenvalue weighted by Gasteiger charge is -2.24. The van der Waals surface area contributed by atoms with E-state index in [9.17, 15) is 23.5 Å². The highest BCUT2D eigenvalue weighted by Crippen LogP contribution is 2.50. The van der Waals surface area contributed by atoms with Crippen molar-refractivity contribution in [3.63, 3.8) is 0 Å². The number of halogens is 3. The van der Waals surface area contributed by atoms with Crippen LogP contribution in [0, 0.1) is 11.6 Å². The Morgan fingerprint density at radius 2 is 1.89 bits per heavy atom. The van der Waals surface area contributed by atoms with Gasteiger partial charge in [-0.2, -0.15) is 0 Å². The minimum atomic E-state index is -1.18. The van der Waals surface area contributed by atoms with E-state index in [0.717, 1.165) is 11.3 Å². The molecule has 4 nitrogen and oxygen atoms in total. The van der Waals surface area contributed by atoms with Crippen molar-refractivity contribution in [2.75, 3.05) is 5.32 Å². The molecule has 2 N–H and O–H groups in total. The Morgan fingerprint density at radius 3 is 2.57 bits per heavy atom. The van der Waals surface area contributed by atoms with Crippen molar-refractivity contribution < 1.29 is 23.5 Å². The predicted molar refractivity (Wildman–Crippen MR) is 103 cm³/mol. The van der Waals surface area contributed by atoms with Crippen LogP contribution in [0.1, 0.15) is 32.5 Å². The number of amides is 1. The summed E-state index contributed by atoms with van der Waals surface area (Å²) >= 11 is 6.97.